The zero-order chi connectivity index (χ0) is 17.2. The Bertz CT molecular complexity index is 698. The molecule has 1 amide bonds. The van der Waals surface area contributed by atoms with Crippen molar-refractivity contribution in [2.24, 2.45) is 11.3 Å². The molecule has 128 valence electrons. The number of hydrogen-bond acceptors (Lipinski definition) is 3. The molecule has 4 nitrogen and oxygen atoms in total. The third kappa shape index (κ3) is 3.69. The van der Waals surface area contributed by atoms with Crippen molar-refractivity contribution in [3.05, 3.63) is 52.9 Å². The number of amides is 1. The third-order valence-electron chi connectivity index (χ3n) is 5.02. The zero-order valence-electron chi connectivity index (χ0n) is 14.8. The Morgan fingerprint density at radius 1 is 1.29 bits per heavy atom. The number of aryl methyl sites for hydroxylation is 1. The molecule has 4 heteroatoms. The molecule has 2 aromatic rings. The van der Waals surface area contributed by atoms with Gasteiger partial charge >= 0.3 is 0 Å². The van der Waals surface area contributed by atoms with Crippen LogP contribution in [0.3, 0.4) is 0 Å². The normalized spacial score (nSPS) is 17.4. The summed E-state index contributed by atoms with van der Waals surface area (Å²) in [5.74, 6) is 1.33. The van der Waals surface area contributed by atoms with Gasteiger partial charge in [0.25, 0.3) is 5.91 Å². The highest BCUT2D eigenvalue weighted by Gasteiger charge is 2.33. The number of nitrogens with zero attached hydrogens (tertiary/aromatic N) is 1. The molecule has 1 aromatic heterocycles. The fraction of sp³-hybridized carbons (Fsp3) is 0.500. The van der Waals surface area contributed by atoms with Gasteiger partial charge in [0.1, 0.15) is 5.76 Å². The van der Waals surface area contributed by atoms with Gasteiger partial charge in [0, 0.05) is 18.5 Å². The molecular formula is C20H26N2O2. The number of fused-ring (bicyclic) bond motifs is 1. The Balaban J connectivity index is 1.63. The monoisotopic (exact) mass is 326 g/mol. The summed E-state index contributed by atoms with van der Waals surface area (Å²) in [5.41, 5.74) is 2.94. The Morgan fingerprint density at radius 2 is 2.04 bits per heavy atom. The van der Waals surface area contributed by atoms with Gasteiger partial charge in [-0.05, 0) is 36.2 Å². The van der Waals surface area contributed by atoms with Crippen LogP contribution in [0.4, 0.5) is 0 Å². The van der Waals surface area contributed by atoms with Crippen molar-refractivity contribution in [3.63, 3.8) is 0 Å². The Labute approximate surface area is 143 Å². The van der Waals surface area contributed by atoms with Crippen LogP contribution in [0.25, 0.3) is 0 Å². The van der Waals surface area contributed by atoms with E-state index in [1.807, 2.05) is 18.2 Å². The summed E-state index contributed by atoms with van der Waals surface area (Å²) < 4.78 is 5.42. The van der Waals surface area contributed by atoms with E-state index in [1.165, 1.54) is 5.56 Å². The van der Waals surface area contributed by atoms with Crippen molar-refractivity contribution in [3.8, 4) is 0 Å². The fourth-order valence-electron chi connectivity index (χ4n) is 3.37. The largest absolute Gasteiger partial charge is 0.360 e. The van der Waals surface area contributed by atoms with Crippen molar-refractivity contribution < 1.29 is 9.32 Å². The average molecular weight is 326 g/mol. The molecule has 24 heavy (non-hydrogen) atoms. The van der Waals surface area contributed by atoms with Crippen molar-refractivity contribution in [2.45, 2.75) is 46.5 Å². The van der Waals surface area contributed by atoms with Gasteiger partial charge in [-0.3, -0.25) is 4.79 Å². The van der Waals surface area contributed by atoms with Crippen LogP contribution in [-0.2, 0) is 19.3 Å². The molecular weight excluding hydrogens is 300 g/mol. The van der Waals surface area contributed by atoms with Crippen LogP contribution < -0.4 is 5.32 Å². The second kappa shape index (κ2) is 6.80. The molecule has 1 atom stereocenters. The van der Waals surface area contributed by atoms with Crippen LogP contribution in [0.1, 0.15) is 54.6 Å². The number of rotatable bonds is 4. The van der Waals surface area contributed by atoms with E-state index >= 15 is 0 Å². The second-order valence-corrected chi connectivity index (χ2v) is 7.73. The highest BCUT2D eigenvalue weighted by atomic mass is 16.5. The Morgan fingerprint density at radius 3 is 2.75 bits per heavy atom. The van der Waals surface area contributed by atoms with Crippen LogP contribution in [0.2, 0.25) is 0 Å². The first-order chi connectivity index (χ1) is 11.4. The van der Waals surface area contributed by atoms with Crippen LogP contribution in [0.15, 0.2) is 34.9 Å². The molecule has 0 saturated heterocycles. The summed E-state index contributed by atoms with van der Waals surface area (Å²) in [6.07, 6.45) is 3.67. The molecule has 0 aliphatic heterocycles. The van der Waals surface area contributed by atoms with Gasteiger partial charge in [-0.25, -0.2) is 0 Å². The predicted molar refractivity (Wildman–Crippen MR) is 94.0 cm³/mol. The van der Waals surface area contributed by atoms with Gasteiger partial charge in [-0.15, -0.1) is 0 Å². The van der Waals surface area contributed by atoms with Crippen LogP contribution in [0, 0.1) is 11.3 Å². The van der Waals surface area contributed by atoms with E-state index in [0.29, 0.717) is 18.2 Å². The van der Waals surface area contributed by atoms with Crippen LogP contribution in [-0.4, -0.2) is 17.6 Å². The number of nitrogens with one attached hydrogen (secondary N) is 1. The minimum Gasteiger partial charge on any atom is -0.360 e. The number of carbonyl (C=O) groups is 1. The van der Waals surface area contributed by atoms with Crippen molar-refractivity contribution in [1.82, 2.24) is 10.5 Å². The molecule has 1 heterocycles. The molecule has 1 aromatic carbocycles. The van der Waals surface area contributed by atoms with Crippen LogP contribution in [0.5, 0.6) is 0 Å². The summed E-state index contributed by atoms with van der Waals surface area (Å²) in [6, 6.07) is 10.2. The van der Waals surface area contributed by atoms with Gasteiger partial charge in [0.15, 0.2) is 5.69 Å². The quantitative estimate of drug-likeness (QED) is 0.930. The molecule has 1 unspecified atom stereocenters. The summed E-state index contributed by atoms with van der Waals surface area (Å²) >= 11 is 0. The smallest absolute Gasteiger partial charge is 0.273 e. The van der Waals surface area contributed by atoms with E-state index in [-0.39, 0.29) is 11.3 Å². The molecule has 0 spiro atoms. The highest BCUT2D eigenvalue weighted by molar-refractivity contribution is 5.93. The van der Waals surface area contributed by atoms with Crippen molar-refractivity contribution in [2.75, 3.05) is 6.54 Å². The highest BCUT2D eigenvalue weighted by Crippen LogP contribution is 2.38. The van der Waals surface area contributed by atoms with E-state index in [9.17, 15) is 4.79 Å². The molecule has 0 saturated carbocycles. The van der Waals surface area contributed by atoms with E-state index in [0.717, 1.165) is 37.0 Å². The second-order valence-electron chi connectivity index (χ2n) is 7.73. The van der Waals surface area contributed by atoms with E-state index in [1.54, 1.807) is 0 Å². The molecule has 0 radical (unpaired) electrons. The maximum atomic E-state index is 12.5. The Hall–Kier alpha value is -2.10. The number of hydrogen-bond donors (Lipinski definition) is 1. The molecule has 1 aliphatic carbocycles. The topological polar surface area (TPSA) is 55.1 Å². The van der Waals surface area contributed by atoms with E-state index in [2.05, 4.69) is 43.4 Å². The van der Waals surface area contributed by atoms with Crippen molar-refractivity contribution >= 4 is 5.91 Å². The maximum Gasteiger partial charge on any atom is 0.273 e. The lowest BCUT2D eigenvalue weighted by atomic mass is 9.71. The number of carbonyl (C=O) groups excluding carboxylic acids is 1. The summed E-state index contributed by atoms with van der Waals surface area (Å²) in [6.45, 7) is 7.38. The Kier molecular flexibility index (Phi) is 4.74. The van der Waals surface area contributed by atoms with Gasteiger partial charge in [-0.1, -0.05) is 56.3 Å². The molecule has 1 aliphatic rings. The standard InChI is InChI=1S/C20H26N2O2/c1-20(2,3)15-9-10-17-16(13-15)18(22-24-17)19(23)21-12-11-14-7-5-4-6-8-14/h4-8,15H,9-13H2,1-3H3,(H,21,23). The maximum absolute atomic E-state index is 12.5. The van der Waals surface area contributed by atoms with Crippen molar-refractivity contribution in [1.29, 1.82) is 0 Å². The fourth-order valence-corrected chi connectivity index (χ4v) is 3.37. The van der Waals surface area contributed by atoms with Gasteiger partial charge in [0.05, 0.1) is 0 Å². The third-order valence-corrected chi connectivity index (χ3v) is 5.02. The summed E-state index contributed by atoms with van der Waals surface area (Å²) in [7, 11) is 0. The molecule has 1 N–H and O–H groups in total. The summed E-state index contributed by atoms with van der Waals surface area (Å²) in [4.78, 5) is 12.5. The predicted octanol–water partition coefficient (Wildman–Crippen LogP) is 3.80. The molecule has 0 fully saturated rings. The molecule has 0 bridgehead atoms. The van der Waals surface area contributed by atoms with Crippen LogP contribution >= 0.6 is 0 Å². The lowest BCUT2D eigenvalue weighted by Gasteiger charge is -2.33. The lowest BCUT2D eigenvalue weighted by Crippen LogP contribution is -2.30. The van der Waals surface area contributed by atoms with Gasteiger partial charge in [0.2, 0.25) is 0 Å². The number of aromatic nitrogens is 1. The van der Waals surface area contributed by atoms with Gasteiger partial charge < -0.3 is 9.84 Å². The van der Waals surface area contributed by atoms with E-state index in [4.69, 9.17) is 4.52 Å². The minimum absolute atomic E-state index is 0.120. The van der Waals surface area contributed by atoms with E-state index < -0.39 is 0 Å². The number of benzene rings is 1. The zero-order valence-corrected chi connectivity index (χ0v) is 14.8. The van der Waals surface area contributed by atoms with Gasteiger partial charge in [-0.2, -0.15) is 0 Å². The first-order valence-corrected chi connectivity index (χ1v) is 8.74. The minimum atomic E-state index is -0.120. The lowest BCUT2D eigenvalue weighted by molar-refractivity contribution is 0.0943. The first kappa shape index (κ1) is 16.7. The SMILES string of the molecule is CC(C)(C)C1CCc2onc(C(=O)NCCc3ccccc3)c2C1. The summed E-state index contributed by atoms with van der Waals surface area (Å²) in [5, 5.41) is 7.03. The molecule has 3 rings (SSSR count). The first-order valence-electron chi connectivity index (χ1n) is 8.74. The average Bonchev–Trinajstić information content (AvgIpc) is 2.98.